The topological polar surface area (TPSA) is 62.1 Å². The second kappa shape index (κ2) is 5.35. The van der Waals surface area contributed by atoms with Gasteiger partial charge in [-0.1, -0.05) is 0 Å². The predicted molar refractivity (Wildman–Crippen MR) is 74.5 cm³/mol. The summed E-state index contributed by atoms with van der Waals surface area (Å²) in [6.07, 6.45) is 1.68. The van der Waals surface area contributed by atoms with Crippen LogP contribution in [0.25, 0.3) is 0 Å². The zero-order valence-corrected chi connectivity index (χ0v) is 11.6. The first-order valence-electron chi connectivity index (χ1n) is 7.06. The quantitative estimate of drug-likeness (QED) is 0.833. The van der Waals surface area contributed by atoms with Gasteiger partial charge in [0.2, 0.25) is 0 Å². The van der Waals surface area contributed by atoms with Gasteiger partial charge < -0.3 is 10.1 Å². The van der Waals surface area contributed by atoms with Gasteiger partial charge in [-0.05, 0) is 43.5 Å². The lowest BCUT2D eigenvalue weighted by atomic mass is 9.81. The van der Waals surface area contributed by atoms with Crippen LogP contribution in [0, 0.1) is 24.2 Å². The monoisotopic (exact) mass is 270 g/mol. The Morgan fingerprint density at radius 1 is 1.35 bits per heavy atom. The molecule has 4 heteroatoms. The Morgan fingerprint density at radius 2 is 2.05 bits per heavy atom. The molecule has 1 aromatic carbocycles. The van der Waals surface area contributed by atoms with Crippen LogP contribution < -0.4 is 5.32 Å². The van der Waals surface area contributed by atoms with Gasteiger partial charge in [-0.3, -0.25) is 4.79 Å². The van der Waals surface area contributed by atoms with Crippen molar-refractivity contribution in [2.24, 2.45) is 5.92 Å². The van der Waals surface area contributed by atoms with Crippen molar-refractivity contribution < 1.29 is 9.53 Å². The van der Waals surface area contributed by atoms with Crippen LogP contribution in [0.2, 0.25) is 0 Å². The Kier molecular flexibility index (Phi) is 3.56. The van der Waals surface area contributed by atoms with E-state index in [4.69, 9.17) is 10.00 Å². The van der Waals surface area contributed by atoms with E-state index in [-0.39, 0.29) is 11.7 Å². The molecule has 2 saturated heterocycles. The number of Topliss-reactive ketones (excluding diaryl/α,β-unsaturated/α-hetero) is 1. The van der Waals surface area contributed by atoms with Gasteiger partial charge in [0.1, 0.15) is 0 Å². The molecule has 2 bridgehead atoms. The molecule has 20 heavy (non-hydrogen) atoms. The van der Waals surface area contributed by atoms with Crippen molar-refractivity contribution in [2.45, 2.75) is 31.8 Å². The first-order valence-corrected chi connectivity index (χ1v) is 7.06. The van der Waals surface area contributed by atoms with Crippen molar-refractivity contribution >= 4 is 5.78 Å². The first-order chi connectivity index (χ1) is 9.67. The van der Waals surface area contributed by atoms with Gasteiger partial charge in [0.25, 0.3) is 0 Å². The fraction of sp³-hybridized carbons (Fsp3) is 0.500. The number of benzene rings is 1. The van der Waals surface area contributed by atoms with Crippen LogP contribution in [0.3, 0.4) is 0 Å². The van der Waals surface area contributed by atoms with Gasteiger partial charge in [0.15, 0.2) is 5.78 Å². The summed E-state index contributed by atoms with van der Waals surface area (Å²) in [7, 11) is 0. The summed E-state index contributed by atoms with van der Waals surface area (Å²) >= 11 is 0. The normalized spacial score (nSPS) is 28.7. The van der Waals surface area contributed by atoms with E-state index >= 15 is 0 Å². The number of nitrogens with zero attached hydrogens (tertiary/aromatic N) is 1. The van der Waals surface area contributed by atoms with E-state index in [2.05, 4.69) is 11.4 Å². The van der Waals surface area contributed by atoms with Crippen molar-refractivity contribution in [1.82, 2.24) is 5.32 Å². The zero-order chi connectivity index (χ0) is 14.1. The van der Waals surface area contributed by atoms with E-state index in [9.17, 15) is 4.79 Å². The molecular formula is C16H18N2O2. The predicted octanol–water partition coefficient (Wildman–Crippen LogP) is 1.82. The van der Waals surface area contributed by atoms with Crippen LogP contribution in [-0.4, -0.2) is 31.1 Å². The number of piperidine rings is 1. The second-order valence-electron chi connectivity index (χ2n) is 5.77. The van der Waals surface area contributed by atoms with Crippen molar-refractivity contribution in [1.29, 1.82) is 5.26 Å². The van der Waals surface area contributed by atoms with Gasteiger partial charge in [0, 0.05) is 23.6 Å². The minimum absolute atomic E-state index is 0.0711. The average molecular weight is 270 g/mol. The van der Waals surface area contributed by atoms with Crippen molar-refractivity contribution in [3.8, 4) is 6.07 Å². The molecule has 104 valence electrons. The average Bonchev–Trinajstić information content (AvgIpc) is 2.46. The first kappa shape index (κ1) is 13.3. The maximum atomic E-state index is 12.7. The number of nitrogens with one attached hydrogen (secondary N) is 1. The molecule has 2 atom stereocenters. The molecule has 1 aromatic rings. The third kappa shape index (κ3) is 2.47. The summed E-state index contributed by atoms with van der Waals surface area (Å²) in [5.74, 6) is 0.284. The Morgan fingerprint density at radius 3 is 2.65 bits per heavy atom. The highest BCUT2D eigenvalue weighted by Gasteiger charge is 2.35. The lowest BCUT2D eigenvalue weighted by molar-refractivity contribution is 0.00951. The SMILES string of the molecule is Cc1cc(C#N)ccc1C(=O)C1CC2COCC(C1)N2. The molecule has 2 heterocycles. The number of aryl methyl sites for hydroxylation is 1. The number of carbonyl (C=O) groups excluding carboxylic acids is 1. The molecule has 4 nitrogen and oxygen atoms in total. The standard InChI is InChI=1S/C16H18N2O2/c1-10-4-11(7-17)2-3-15(10)16(19)12-5-13-8-20-9-14(6-12)18-13/h2-4,12-14,18H,5-6,8-9H2,1H3. The van der Waals surface area contributed by atoms with Crippen molar-refractivity contribution in [3.63, 3.8) is 0 Å². The molecular weight excluding hydrogens is 252 g/mol. The van der Waals surface area contributed by atoms with E-state index in [0.29, 0.717) is 30.9 Å². The van der Waals surface area contributed by atoms with Gasteiger partial charge >= 0.3 is 0 Å². The van der Waals surface area contributed by atoms with Gasteiger partial charge in [0.05, 0.1) is 24.8 Å². The summed E-state index contributed by atoms with van der Waals surface area (Å²) in [6.45, 7) is 3.30. The lowest BCUT2D eigenvalue weighted by Gasteiger charge is -2.39. The molecule has 0 aliphatic carbocycles. The Balaban J connectivity index is 1.80. The maximum Gasteiger partial charge on any atom is 0.166 e. The fourth-order valence-corrected chi connectivity index (χ4v) is 3.28. The van der Waals surface area contributed by atoms with E-state index < -0.39 is 0 Å². The zero-order valence-electron chi connectivity index (χ0n) is 11.6. The molecule has 0 amide bonds. The summed E-state index contributed by atoms with van der Waals surface area (Å²) in [4.78, 5) is 12.7. The minimum Gasteiger partial charge on any atom is -0.378 e. The number of morpholine rings is 1. The van der Waals surface area contributed by atoms with Gasteiger partial charge in [-0.15, -0.1) is 0 Å². The largest absolute Gasteiger partial charge is 0.378 e. The number of hydrogen-bond donors (Lipinski definition) is 1. The number of fused-ring (bicyclic) bond motifs is 2. The van der Waals surface area contributed by atoms with Crippen LogP contribution in [0.4, 0.5) is 0 Å². The summed E-state index contributed by atoms with van der Waals surface area (Å²) in [6, 6.07) is 8.02. The summed E-state index contributed by atoms with van der Waals surface area (Å²) in [5.41, 5.74) is 2.26. The van der Waals surface area contributed by atoms with Crippen molar-refractivity contribution in [3.05, 3.63) is 34.9 Å². The smallest absolute Gasteiger partial charge is 0.166 e. The van der Waals surface area contributed by atoms with Crippen LogP contribution in [0.1, 0.15) is 34.3 Å². The molecule has 2 aliphatic rings. The second-order valence-corrected chi connectivity index (χ2v) is 5.77. The van der Waals surface area contributed by atoms with E-state index in [1.807, 2.05) is 6.92 Å². The summed E-state index contributed by atoms with van der Waals surface area (Å²) in [5, 5.41) is 12.4. The molecule has 0 aromatic heterocycles. The lowest BCUT2D eigenvalue weighted by Crippen LogP contribution is -2.55. The summed E-state index contributed by atoms with van der Waals surface area (Å²) < 4.78 is 5.51. The number of rotatable bonds is 2. The molecule has 0 saturated carbocycles. The van der Waals surface area contributed by atoms with Crippen LogP contribution >= 0.6 is 0 Å². The van der Waals surface area contributed by atoms with Crippen molar-refractivity contribution in [2.75, 3.05) is 13.2 Å². The molecule has 0 radical (unpaired) electrons. The third-order valence-corrected chi connectivity index (χ3v) is 4.24. The minimum atomic E-state index is 0.0711. The molecule has 2 aliphatic heterocycles. The number of nitriles is 1. The number of ether oxygens (including phenoxy) is 1. The fourth-order valence-electron chi connectivity index (χ4n) is 3.28. The number of carbonyl (C=O) groups is 1. The Hall–Kier alpha value is -1.70. The Bertz CT molecular complexity index is 564. The van der Waals surface area contributed by atoms with E-state index in [1.54, 1.807) is 18.2 Å². The maximum absolute atomic E-state index is 12.7. The highest BCUT2D eigenvalue weighted by molar-refractivity contribution is 5.99. The van der Waals surface area contributed by atoms with Gasteiger partial charge in [-0.25, -0.2) is 0 Å². The third-order valence-electron chi connectivity index (χ3n) is 4.24. The molecule has 3 rings (SSSR count). The van der Waals surface area contributed by atoms with Crippen LogP contribution in [-0.2, 0) is 4.74 Å². The van der Waals surface area contributed by atoms with Gasteiger partial charge in [-0.2, -0.15) is 5.26 Å². The highest BCUT2D eigenvalue weighted by atomic mass is 16.5. The van der Waals surface area contributed by atoms with E-state index in [1.165, 1.54) is 0 Å². The number of hydrogen-bond acceptors (Lipinski definition) is 4. The molecule has 0 spiro atoms. The van der Waals surface area contributed by atoms with E-state index in [0.717, 1.165) is 24.0 Å². The molecule has 2 fully saturated rings. The Labute approximate surface area is 118 Å². The van der Waals surface area contributed by atoms with Crippen LogP contribution in [0.5, 0.6) is 0 Å². The molecule has 2 unspecified atom stereocenters. The van der Waals surface area contributed by atoms with Crippen LogP contribution in [0.15, 0.2) is 18.2 Å². The number of ketones is 1. The molecule has 1 N–H and O–H groups in total. The highest BCUT2D eigenvalue weighted by Crippen LogP contribution is 2.28.